The molecule has 0 saturated carbocycles. The van der Waals surface area contributed by atoms with Gasteiger partial charge in [0.25, 0.3) is 11.6 Å². The van der Waals surface area contributed by atoms with Crippen molar-refractivity contribution < 1.29 is 19.2 Å². The lowest BCUT2D eigenvalue weighted by atomic mass is 10.1. The molecular formula is C24H25N5O5. The Bertz CT molecular complexity index is 1270. The van der Waals surface area contributed by atoms with Crippen LogP contribution in [0.4, 0.5) is 11.4 Å². The first kappa shape index (κ1) is 23.0. The first-order chi connectivity index (χ1) is 16.4. The van der Waals surface area contributed by atoms with Crippen LogP contribution in [0.5, 0.6) is 0 Å². The van der Waals surface area contributed by atoms with Gasteiger partial charge in [0.2, 0.25) is 0 Å². The highest BCUT2D eigenvalue weighted by Crippen LogP contribution is 2.27. The number of hydrogen-bond acceptors (Lipinski definition) is 7. The number of nitro benzene ring substituents is 1. The minimum Gasteiger partial charge on any atom is -0.463 e. The van der Waals surface area contributed by atoms with E-state index in [-0.39, 0.29) is 18.2 Å². The van der Waals surface area contributed by atoms with Gasteiger partial charge >= 0.3 is 5.97 Å². The number of anilines is 1. The molecule has 0 bridgehead atoms. The zero-order valence-electron chi connectivity index (χ0n) is 19.0. The Morgan fingerprint density at radius 1 is 1.18 bits per heavy atom. The molecule has 3 aromatic rings. The van der Waals surface area contributed by atoms with Crippen molar-refractivity contribution in [3.8, 4) is 0 Å². The van der Waals surface area contributed by atoms with Crippen molar-refractivity contribution in [3.63, 3.8) is 0 Å². The van der Waals surface area contributed by atoms with Gasteiger partial charge in [0, 0.05) is 56.4 Å². The maximum absolute atomic E-state index is 13.0. The quantitative estimate of drug-likeness (QED) is 0.239. The molecule has 3 heterocycles. The third kappa shape index (κ3) is 4.90. The van der Waals surface area contributed by atoms with Gasteiger partial charge in [0.15, 0.2) is 0 Å². The largest absolute Gasteiger partial charge is 0.463 e. The van der Waals surface area contributed by atoms with Crippen molar-refractivity contribution in [3.05, 3.63) is 75.7 Å². The van der Waals surface area contributed by atoms with Crippen molar-refractivity contribution in [1.29, 1.82) is 0 Å². The Hall–Kier alpha value is -4.21. The van der Waals surface area contributed by atoms with E-state index in [2.05, 4.69) is 9.88 Å². The zero-order valence-corrected chi connectivity index (χ0v) is 19.0. The van der Waals surface area contributed by atoms with Crippen LogP contribution in [0.25, 0.3) is 11.7 Å². The van der Waals surface area contributed by atoms with Crippen molar-refractivity contribution in [1.82, 2.24) is 14.3 Å². The van der Waals surface area contributed by atoms with Gasteiger partial charge in [-0.1, -0.05) is 0 Å². The summed E-state index contributed by atoms with van der Waals surface area (Å²) in [6, 6.07) is 8.67. The van der Waals surface area contributed by atoms with E-state index in [0.29, 0.717) is 37.4 Å². The number of carbonyl (C=O) groups is 2. The molecule has 1 amide bonds. The molecule has 0 spiro atoms. The van der Waals surface area contributed by atoms with E-state index in [1.807, 2.05) is 29.7 Å². The second-order valence-corrected chi connectivity index (χ2v) is 7.96. The number of pyridine rings is 1. The number of ether oxygens (including phenoxy) is 1. The van der Waals surface area contributed by atoms with Crippen LogP contribution in [-0.2, 0) is 9.53 Å². The first-order valence-corrected chi connectivity index (χ1v) is 11.0. The zero-order chi connectivity index (χ0) is 24.2. The van der Waals surface area contributed by atoms with Crippen molar-refractivity contribution >= 4 is 35.0 Å². The van der Waals surface area contributed by atoms with Crippen LogP contribution >= 0.6 is 0 Å². The third-order valence-electron chi connectivity index (χ3n) is 5.66. The van der Waals surface area contributed by atoms with E-state index < -0.39 is 10.9 Å². The molecule has 0 unspecified atom stereocenters. The van der Waals surface area contributed by atoms with Crippen LogP contribution in [0.15, 0.2) is 48.8 Å². The Kier molecular flexibility index (Phi) is 6.58. The SMILES string of the molecule is CCOC(=O)/C=C/c1cc(N2CCN(C(=O)c3cn4ccc(C)cc4n3)CC2)ccc1[N+](=O)[O-]. The van der Waals surface area contributed by atoms with Gasteiger partial charge in [-0.05, 0) is 49.8 Å². The summed E-state index contributed by atoms with van der Waals surface area (Å²) in [5.74, 6) is -0.681. The molecule has 1 fully saturated rings. The average Bonchev–Trinajstić information content (AvgIpc) is 3.25. The van der Waals surface area contributed by atoms with Crippen LogP contribution in [0.1, 0.15) is 28.5 Å². The number of nitrogens with zero attached hydrogens (tertiary/aromatic N) is 5. The molecule has 0 atom stereocenters. The van der Waals surface area contributed by atoms with Crippen molar-refractivity contribution in [2.75, 3.05) is 37.7 Å². The van der Waals surface area contributed by atoms with E-state index >= 15 is 0 Å². The second-order valence-electron chi connectivity index (χ2n) is 7.96. The number of aryl methyl sites for hydroxylation is 1. The predicted molar refractivity (Wildman–Crippen MR) is 127 cm³/mol. The van der Waals surface area contributed by atoms with E-state index in [9.17, 15) is 19.7 Å². The van der Waals surface area contributed by atoms with E-state index in [4.69, 9.17) is 4.74 Å². The summed E-state index contributed by atoms with van der Waals surface area (Å²) < 4.78 is 6.69. The number of esters is 1. The van der Waals surface area contributed by atoms with Crippen LogP contribution < -0.4 is 4.90 Å². The molecule has 1 aliphatic rings. The molecule has 1 aromatic carbocycles. The lowest BCUT2D eigenvalue weighted by Crippen LogP contribution is -2.48. The minimum absolute atomic E-state index is 0.0970. The number of aromatic nitrogens is 2. The Balaban J connectivity index is 1.46. The Morgan fingerprint density at radius 3 is 2.65 bits per heavy atom. The Labute approximate surface area is 196 Å². The number of imidazole rings is 1. The summed E-state index contributed by atoms with van der Waals surface area (Å²) in [6.45, 7) is 6.02. The van der Waals surface area contributed by atoms with Crippen LogP contribution in [0.3, 0.4) is 0 Å². The van der Waals surface area contributed by atoms with Gasteiger partial charge in [0.1, 0.15) is 11.3 Å². The van der Waals surface area contributed by atoms with Gasteiger partial charge in [-0.15, -0.1) is 0 Å². The molecular weight excluding hydrogens is 438 g/mol. The van der Waals surface area contributed by atoms with Crippen LogP contribution in [-0.4, -0.2) is 63.9 Å². The standard InChI is InChI=1S/C24H25N5O5/c1-3-34-23(30)7-4-18-15-19(5-6-21(18)29(32)33)26-10-12-27(13-11-26)24(31)20-16-28-9-8-17(2)14-22(28)25-20/h4-9,14-16H,3,10-13H2,1-2H3/b7-4+. The van der Waals surface area contributed by atoms with Gasteiger partial charge < -0.3 is 18.9 Å². The number of benzene rings is 1. The van der Waals surface area contributed by atoms with Gasteiger partial charge in [0.05, 0.1) is 17.1 Å². The molecule has 0 radical (unpaired) electrons. The summed E-state index contributed by atoms with van der Waals surface area (Å²) >= 11 is 0. The smallest absolute Gasteiger partial charge is 0.330 e. The van der Waals surface area contributed by atoms with Gasteiger partial charge in [-0.2, -0.15) is 0 Å². The molecule has 0 N–H and O–H groups in total. The van der Waals surface area contributed by atoms with Crippen molar-refractivity contribution in [2.45, 2.75) is 13.8 Å². The fraction of sp³-hybridized carbons (Fsp3) is 0.292. The first-order valence-electron chi connectivity index (χ1n) is 11.0. The highest BCUT2D eigenvalue weighted by molar-refractivity contribution is 5.93. The molecule has 10 nitrogen and oxygen atoms in total. The third-order valence-corrected chi connectivity index (χ3v) is 5.66. The molecule has 10 heteroatoms. The van der Waals surface area contributed by atoms with E-state index in [0.717, 1.165) is 16.9 Å². The highest BCUT2D eigenvalue weighted by atomic mass is 16.6. The normalized spacial score (nSPS) is 14.1. The molecule has 0 aliphatic carbocycles. The minimum atomic E-state index is -0.559. The number of carbonyl (C=O) groups excluding carboxylic acids is 2. The maximum Gasteiger partial charge on any atom is 0.330 e. The monoisotopic (exact) mass is 463 g/mol. The summed E-state index contributed by atoms with van der Waals surface area (Å²) in [7, 11) is 0. The maximum atomic E-state index is 13.0. The summed E-state index contributed by atoms with van der Waals surface area (Å²) in [4.78, 5) is 43.8. The highest BCUT2D eigenvalue weighted by Gasteiger charge is 2.25. The topological polar surface area (TPSA) is 110 Å². The Morgan fingerprint density at radius 2 is 1.94 bits per heavy atom. The number of rotatable bonds is 6. The molecule has 176 valence electrons. The number of amides is 1. The summed E-state index contributed by atoms with van der Waals surface area (Å²) in [5, 5.41) is 11.4. The molecule has 1 aliphatic heterocycles. The summed E-state index contributed by atoms with van der Waals surface area (Å²) in [5.41, 5.74) is 3.21. The van der Waals surface area contributed by atoms with E-state index in [1.54, 1.807) is 30.2 Å². The summed E-state index contributed by atoms with van der Waals surface area (Å²) in [6.07, 6.45) is 6.20. The molecule has 2 aromatic heterocycles. The number of nitro groups is 1. The lowest BCUT2D eigenvalue weighted by Gasteiger charge is -2.35. The van der Waals surface area contributed by atoms with Crippen LogP contribution in [0.2, 0.25) is 0 Å². The average molecular weight is 463 g/mol. The lowest BCUT2D eigenvalue weighted by molar-refractivity contribution is -0.385. The predicted octanol–water partition coefficient (Wildman–Crippen LogP) is 3.09. The fourth-order valence-electron chi connectivity index (χ4n) is 3.90. The number of fused-ring (bicyclic) bond motifs is 1. The van der Waals surface area contributed by atoms with Crippen molar-refractivity contribution in [2.24, 2.45) is 0 Å². The van der Waals surface area contributed by atoms with Crippen LogP contribution in [0, 0.1) is 17.0 Å². The van der Waals surface area contributed by atoms with E-state index in [1.165, 1.54) is 18.2 Å². The van der Waals surface area contributed by atoms with Gasteiger partial charge in [-0.3, -0.25) is 14.9 Å². The number of hydrogen-bond donors (Lipinski definition) is 0. The molecule has 1 saturated heterocycles. The molecule has 4 rings (SSSR count). The fourth-order valence-corrected chi connectivity index (χ4v) is 3.90. The van der Waals surface area contributed by atoms with Gasteiger partial charge in [-0.25, -0.2) is 9.78 Å². The number of piperazine rings is 1. The second kappa shape index (κ2) is 9.74. The molecule has 34 heavy (non-hydrogen) atoms.